The van der Waals surface area contributed by atoms with Gasteiger partial charge >= 0.3 is 0 Å². The second kappa shape index (κ2) is 6.66. The topological polar surface area (TPSA) is 71.1 Å². The van der Waals surface area contributed by atoms with E-state index >= 15 is 0 Å². The number of hydrogen-bond donors (Lipinski definition) is 2. The molecule has 5 nitrogen and oxygen atoms in total. The molecular weight excluding hydrogens is 362 g/mol. The van der Waals surface area contributed by atoms with Crippen LogP contribution in [0.2, 0.25) is 0 Å². The molecule has 0 fully saturated rings. The van der Waals surface area contributed by atoms with Crippen LogP contribution in [0, 0.1) is 0 Å². The fourth-order valence-corrected chi connectivity index (χ4v) is 3.96. The summed E-state index contributed by atoms with van der Waals surface area (Å²) < 4.78 is 27.6. The van der Waals surface area contributed by atoms with Crippen LogP contribution in [0.15, 0.2) is 39.1 Å². The lowest BCUT2D eigenvalue weighted by Crippen LogP contribution is -2.13. The van der Waals surface area contributed by atoms with Crippen LogP contribution in [0.4, 0.5) is 5.82 Å². The largest absolute Gasteiger partial charge is 0.312 e. The number of pyridine rings is 1. The van der Waals surface area contributed by atoms with Crippen molar-refractivity contribution >= 4 is 43.1 Å². The highest BCUT2D eigenvalue weighted by Crippen LogP contribution is 2.21. The fourth-order valence-electron chi connectivity index (χ4n) is 1.48. The molecule has 108 valence electrons. The van der Waals surface area contributed by atoms with Gasteiger partial charge in [-0.15, -0.1) is 11.3 Å². The second-order valence-corrected chi connectivity index (χ2v) is 7.59. The Balaban J connectivity index is 2.13. The number of halogens is 1. The molecular formula is C12H14BrN3O2S2. The van der Waals surface area contributed by atoms with Crippen LogP contribution in [0.1, 0.15) is 11.8 Å². The number of sulfonamides is 1. The van der Waals surface area contributed by atoms with Crippen LogP contribution in [0.5, 0.6) is 0 Å². The van der Waals surface area contributed by atoms with Gasteiger partial charge in [0.2, 0.25) is 0 Å². The highest BCUT2D eigenvalue weighted by atomic mass is 79.9. The summed E-state index contributed by atoms with van der Waals surface area (Å²) in [6.45, 7) is 3.53. The molecule has 2 aromatic heterocycles. The Kier molecular flexibility index (Phi) is 5.14. The van der Waals surface area contributed by atoms with Crippen molar-refractivity contribution in [2.45, 2.75) is 18.4 Å². The molecule has 0 bridgehead atoms. The molecule has 2 heterocycles. The zero-order valence-electron chi connectivity index (χ0n) is 10.8. The molecule has 0 saturated carbocycles. The number of anilines is 1. The van der Waals surface area contributed by atoms with Crippen molar-refractivity contribution in [1.29, 1.82) is 0 Å². The molecule has 2 aromatic rings. The smallest absolute Gasteiger partial charge is 0.263 e. The van der Waals surface area contributed by atoms with Crippen LogP contribution in [-0.4, -0.2) is 19.9 Å². The average Bonchev–Trinajstić information content (AvgIpc) is 2.88. The van der Waals surface area contributed by atoms with E-state index in [1.165, 1.54) is 11.3 Å². The van der Waals surface area contributed by atoms with Crippen LogP contribution in [-0.2, 0) is 16.6 Å². The molecule has 20 heavy (non-hydrogen) atoms. The molecule has 0 atom stereocenters. The van der Waals surface area contributed by atoms with Crippen molar-refractivity contribution in [1.82, 2.24) is 10.3 Å². The number of nitrogens with one attached hydrogen (secondary N) is 2. The fraction of sp³-hybridized carbons (Fsp3) is 0.250. The summed E-state index contributed by atoms with van der Waals surface area (Å²) in [4.78, 5) is 5.25. The summed E-state index contributed by atoms with van der Waals surface area (Å²) in [6, 6.07) is 5.01. The number of aromatic nitrogens is 1. The molecule has 0 aromatic carbocycles. The Morgan fingerprint density at radius 1 is 1.40 bits per heavy atom. The second-order valence-electron chi connectivity index (χ2n) is 4.00. The van der Waals surface area contributed by atoms with Gasteiger partial charge in [-0.1, -0.05) is 6.92 Å². The standard InChI is InChI=1S/C12H14BrN3O2S2/c1-2-14-7-10-5-11(8-19-10)20(17,18)16-12-4-3-9(13)6-15-12/h3-6,8,14H,2,7H2,1H3,(H,15,16). The van der Waals surface area contributed by atoms with Gasteiger partial charge in [-0.05, 0) is 40.7 Å². The Morgan fingerprint density at radius 2 is 2.20 bits per heavy atom. The van der Waals surface area contributed by atoms with E-state index < -0.39 is 10.0 Å². The van der Waals surface area contributed by atoms with Crippen molar-refractivity contribution in [3.63, 3.8) is 0 Å². The lowest BCUT2D eigenvalue weighted by molar-refractivity contribution is 0.601. The zero-order chi connectivity index (χ0) is 14.6. The molecule has 2 rings (SSSR count). The average molecular weight is 376 g/mol. The van der Waals surface area contributed by atoms with E-state index in [9.17, 15) is 8.42 Å². The van der Waals surface area contributed by atoms with Crippen molar-refractivity contribution in [2.75, 3.05) is 11.3 Å². The molecule has 8 heteroatoms. The summed E-state index contributed by atoms with van der Waals surface area (Å²) >= 11 is 4.67. The van der Waals surface area contributed by atoms with E-state index in [-0.39, 0.29) is 4.90 Å². The number of hydrogen-bond acceptors (Lipinski definition) is 5. The third-order valence-electron chi connectivity index (χ3n) is 2.46. The first-order valence-electron chi connectivity index (χ1n) is 5.94. The first-order chi connectivity index (χ1) is 9.51. The highest BCUT2D eigenvalue weighted by molar-refractivity contribution is 9.10. The van der Waals surface area contributed by atoms with Crippen LogP contribution in [0.25, 0.3) is 0 Å². The van der Waals surface area contributed by atoms with Crippen molar-refractivity contribution < 1.29 is 8.42 Å². The molecule has 0 aliphatic rings. The minimum absolute atomic E-state index is 0.264. The number of rotatable bonds is 6. The Bertz CT molecular complexity index is 668. The quantitative estimate of drug-likeness (QED) is 0.814. The Morgan fingerprint density at radius 3 is 2.85 bits per heavy atom. The molecule has 0 amide bonds. The summed E-state index contributed by atoms with van der Waals surface area (Å²) in [5, 5.41) is 4.80. The van der Waals surface area contributed by atoms with Crippen molar-refractivity contribution in [3.05, 3.63) is 39.1 Å². The molecule has 0 spiro atoms. The van der Waals surface area contributed by atoms with Gasteiger partial charge in [0, 0.05) is 27.5 Å². The van der Waals surface area contributed by atoms with Gasteiger partial charge in [-0.25, -0.2) is 13.4 Å². The van der Waals surface area contributed by atoms with Crippen LogP contribution in [0.3, 0.4) is 0 Å². The maximum atomic E-state index is 12.2. The van der Waals surface area contributed by atoms with Crippen LogP contribution < -0.4 is 10.0 Å². The van der Waals surface area contributed by atoms with Gasteiger partial charge in [-0.3, -0.25) is 4.72 Å². The molecule has 0 saturated heterocycles. The van der Waals surface area contributed by atoms with Crippen LogP contribution >= 0.6 is 27.3 Å². The molecule has 2 N–H and O–H groups in total. The van der Waals surface area contributed by atoms with E-state index in [0.717, 1.165) is 15.9 Å². The van der Waals surface area contributed by atoms with Crippen molar-refractivity contribution in [2.24, 2.45) is 0 Å². The maximum absolute atomic E-state index is 12.2. The van der Waals surface area contributed by atoms with Gasteiger partial charge in [0.15, 0.2) is 0 Å². The summed E-state index contributed by atoms with van der Waals surface area (Å²) in [5.74, 6) is 0.299. The van der Waals surface area contributed by atoms with Gasteiger partial charge < -0.3 is 5.32 Å². The molecule has 0 aliphatic carbocycles. The third kappa shape index (κ3) is 4.02. The Labute approximate surface area is 130 Å². The predicted molar refractivity (Wildman–Crippen MR) is 84.4 cm³/mol. The normalized spacial score (nSPS) is 11.5. The lowest BCUT2D eigenvalue weighted by atomic mass is 10.4. The molecule has 0 radical (unpaired) electrons. The van der Waals surface area contributed by atoms with E-state index in [1.54, 1.807) is 29.8 Å². The van der Waals surface area contributed by atoms with E-state index in [0.29, 0.717) is 12.4 Å². The van der Waals surface area contributed by atoms with E-state index in [4.69, 9.17) is 0 Å². The lowest BCUT2D eigenvalue weighted by Gasteiger charge is -2.05. The summed E-state index contributed by atoms with van der Waals surface area (Å²) in [5.41, 5.74) is 0. The first kappa shape index (κ1) is 15.4. The molecule has 0 unspecified atom stereocenters. The Hall–Kier alpha value is -0.960. The van der Waals surface area contributed by atoms with Gasteiger partial charge in [-0.2, -0.15) is 0 Å². The minimum Gasteiger partial charge on any atom is -0.312 e. The van der Waals surface area contributed by atoms with Gasteiger partial charge in [0.1, 0.15) is 5.82 Å². The SMILES string of the molecule is CCNCc1cc(S(=O)(=O)Nc2ccc(Br)cn2)cs1. The summed E-state index contributed by atoms with van der Waals surface area (Å²) in [7, 11) is -3.58. The monoisotopic (exact) mass is 375 g/mol. The maximum Gasteiger partial charge on any atom is 0.263 e. The van der Waals surface area contributed by atoms with E-state index in [2.05, 4.69) is 31.0 Å². The van der Waals surface area contributed by atoms with Crippen molar-refractivity contribution in [3.8, 4) is 0 Å². The first-order valence-corrected chi connectivity index (χ1v) is 9.09. The highest BCUT2D eigenvalue weighted by Gasteiger charge is 2.16. The number of nitrogens with zero attached hydrogens (tertiary/aromatic N) is 1. The van der Waals surface area contributed by atoms with Gasteiger partial charge in [0.05, 0.1) is 4.90 Å². The minimum atomic E-state index is -3.58. The van der Waals surface area contributed by atoms with Gasteiger partial charge in [0.25, 0.3) is 10.0 Å². The predicted octanol–water partition coefficient (Wildman–Crippen LogP) is 2.82. The number of thiophene rings is 1. The summed E-state index contributed by atoms with van der Waals surface area (Å²) in [6.07, 6.45) is 1.54. The van der Waals surface area contributed by atoms with E-state index in [1.807, 2.05) is 6.92 Å². The third-order valence-corrected chi connectivity index (χ3v) is 5.34. The zero-order valence-corrected chi connectivity index (χ0v) is 14.0. The molecule has 0 aliphatic heterocycles.